The zero-order valence-electron chi connectivity index (χ0n) is 10.6. The quantitative estimate of drug-likeness (QED) is 0.636. The molecular weight excluding hydrogens is 192 g/mol. The van der Waals surface area contributed by atoms with Crippen molar-refractivity contribution in [1.82, 2.24) is 0 Å². The molecule has 0 aliphatic heterocycles. The van der Waals surface area contributed by atoms with E-state index in [9.17, 15) is 0 Å². The summed E-state index contributed by atoms with van der Waals surface area (Å²) in [7, 11) is 0. The molecule has 0 aromatic carbocycles. The van der Waals surface area contributed by atoms with Crippen molar-refractivity contribution in [3.8, 4) is 0 Å². The van der Waals surface area contributed by atoms with Crippen LogP contribution in [0.1, 0.15) is 47.0 Å². The van der Waals surface area contributed by atoms with Crippen LogP contribution < -0.4 is 0 Å². The lowest BCUT2D eigenvalue weighted by Gasteiger charge is -2.19. The Hall–Kier alpha value is -0.120. The molecule has 92 valence electrons. The lowest BCUT2D eigenvalue weighted by Crippen LogP contribution is -2.21. The molecule has 0 aromatic rings. The van der Waals surface area contributed by atoms with Gasteiger partial charge in [0.1, 0.15) is 0 Å². The molecular formula is C12H26O3. The summed E-state index contributed by atoms with van der Waals surface area (Å²) in [5.74, 6) is 0. The molecule has 0 spiro atoms. The van der Waals surface area contributed by atoms with E-state index in [2.05, 4.69) is 0 Å². The van der Waals surface area contributed by atoms with Crippen LogP contribution in [-0.2, 0) is 9.47 Å². The van der Waals surface area contributed by atoms with Gasteiger partial charge in [0.05, 0.1) is 24.9 Å². The lowest BCUT2D eigenvalue weighted by atomic mass is 10.2. The van der Waals surface area contributed by atoms with Gasteiger partial charge in [-0.2, -0.15) is 0 Å². The predicted octanol–water partition coefficient (Wildman–Crippen LogP) is 2.37. The second kappa shape index (κ2) is 8.08. The number of hydrogen-bond acceptors (Lipinski definition) is 3. The largest absolute Gasteiger partial charge is 0.393 e. The van der Waals surface area contributed by atoms with E-state index in [0.29, 0.717) is 13.2 Å². The number of unbranched alkanes of at least 4 members (excludes halogenated alkanes) is 1. The fourth-order valence-electron chi connectivity index (χ4n) is 1.15. The molecule has 0 aliphatic rings. The van der Waals surface area contributed by atoms with E-state index in [0.717, 1.165) is 25.9 Å². The first-order valence-corrected chi connectivity index (χ1v) is 5.81. The van der Waals surface area contributed by atoms with Gasteiger partial charge in [0, 0.05) is 6.61 Å². The van der Waals surface area contributed by atoms with Crippen LogP contribution in [0.15, 0.2) is 0 Å². The summed E-state index contributed by atoms with van der Waals surface area (Å²) >= 11 is 0. The molecule has 3 nitrogen and oxygen atoms in total. The Labute approximate surface area is 93.8 Å². The highest BCUT2D eigenvalue weighted by atomic mass is 16.5. The van der Waals surface area contributed by atoms with Gasteiger partial charge in [-0.15, -0.1) is 0 Å². The molecule has 0 heterocycles. The van der Waals surface area contributed by atoms with Crippen molar-refractivity contribution in [1.29, 1.82) is 0 Å². The summed E-state index contributed by atoms with van der Waals surface area (Å²) in [6.07, 6.45) is 2.72. The molecule has 15 heavy (non-hydrogen) atoms. The van der Waals surface area contributed by atoms with Crippen LogP contribution in [0.3, 0.4) is 0 Å². The molecule has 1 N–H and O–H groups in total. The van der Waals surface area contributed by atoms with Crippen LogP contribution in [-0.4, -0.2) is 36.6 Å². The minimum Gasteiger partial charge on any atom is -0.393 e. The van der Waals surface area contributed by atoms with Crippen LogP contribution in [0.2, 0.25) is 0 Å². The maximum Gasteiger partial charge on any atom is 0.0707 e. The highest BCUT2D eigenvalue weighted by molar-refractivity contribution is 4.57. The van der Waals surface area contributed by atoms with Crippen molar-refractivity contribution in [3.05, 3.63) is 0 Å². The summed E-state index contributed by atoms with van der Waals surface area (Å²) in [5, 5.41) is 9.02. The van der Waals surface area contributed by atoms with Crippen molar-refractivity contribution in [2.75, 3.05) is 19.8 Å². The molecule has 0 rings (SSSR count). The maximum atomic E-state index is 9.02. The third kappa shape index (κ3) is 13.9. The summed E-state index contributed by atoms with van der Waals surface area (Å²) in [4.78, 5) is 0. The average Bonchev–Trinajstić information content (AvgIpc) is 2.07. The second-order valence-electron chi connectivity index (χ2n) is 4.92. The van der Waals surface area contributed by atoms with Gasteiger partial charge in [-0.1, -0.05) is 0 Å². The van der Waals surface area contributed by atoms with Gasteiger partial charge < -0.3 is 14.6 Å². The third-order valence-electron chi connectivity index (χ3n) is 1.92. The van der Waals surface area contributed by atoms with Crippen molar-refractivity contribution >= 4 is 0 Å². The van der Waals surface area contributed by atoms with Crippen molar-refractivity contribution in [2.24, 2.45) is 0 Å². The molecule has 3 heteroatoms. The van der Waals surface area contributed by atoms with Crippen LogP contribution >= 0.6 is 0 Å². The van der Waals surface area contributed by atoms with Crippen LogP contribution in [0.5, 0.6) is 0 Å². The number of rotatable bonds is 8. The predicted molar refractivity (Wildman–Crippen MR) is 62.1 cm³/mol. The lowest BCUT2D eigenvalue weighted by molar-refractivity contribution is -0.0353. The Morgan fingerprint density at radius 3 is 2.27 bits per heavy atom. The Balaban J connectivity index is 3.06. The summed E-state index contributed by atoms with van der Waals surface area (Å²) in [6.45, 7) is 10.0. The van der Waals surface area contributed by atoms with Gasteiger partial charge >= 0.3 is 0 Å². The van der Waals surface area contributed by atoms with Gasteiger partial charge in [-0.3, -0.25) is 0 Å². The Morgan fingerprint density at radius 1 is 1.07 bits per heavy atom. The third-order valence-corrected chi connectivity index (χ3v) is 1.92. The van der Waals surface area contributed by atoms with E-state index in [-0.39, 0.29) is 11.7 Å². The number of hydrogen-bond donors (Lipinski definition) is 1. The molecule has 0 radical (unpaired) electrons. The standard InChI is InChI=1S/C12H26O3/c1-11(13)7-5-6-8-14-9-10-15-12(2,3)4/h11,13H,5-10H2,1-4H3. The molecule has 1 unspecified atom stereocenters. The SMILES string of the molecule is CC(O)CCCCOCCOC(C)(C)C. The van der Waals surface area contributed by atoms with Crippen LogP contribution in [0.4, 0.5) is 0 Å². The fraction of sp³-hybridized carbons (Fsp3) is 1.00. The normalized spacial score (nSPS) is 14.2. The Kier molecular flexibility index (Phi) is 8.02. The zero-order valence-corrected chi connectivity index (χ0v) is 10.6. The molecule has 0 amide bonds. The molecule has 0 aromatic heterocycles. The van der Waals surface area contributed by atoms with Crippen molar-refractivity contribution in [3.63, 3.8) is 0 Å². The topological polar surface area (TPSA) is 38.7 Å². The summed E-state index contributed by atoms with van der Waals surface area (Å²) in [6, 6.07) is 0. The minimum atomic E-state index is -0.186. The number of aliphatic hydroxyl groups is 1. The van der Waals surface area contributed by atoms with E-state index >= 15 is 0 Å². The van der Waals surface area contributed by atoms with E-state index in [1.165, 1.54) is 0 Å². The summed E-state index contributed by atoms with van der Waals surface area (Å²) in [5.41, 5.74) is -0.0737. The molecule has 0 aliphatic carbocycles. The fourth-order valence-corrected chi connectivity index (χ4v) is 1.15. The first kappa shape index (κ1) is 14.9. The van der Waals surface area contributed by atoms with Crippen LogP contribution in [0.25, 0.3) is 0 Å². The highest BCUT2D eigenvalue weighted by Gasteiger charge is 2.08. The average molecular weight is 218 g/mol. The van der Waals surface area contributed by atoms with Gasteiger partial charge in [0.15, 0.2) is 0 Å². The highest BCUT2D eigenvalue weighted by Crippen LogP contribution is 2.06. The molecule has 0 saturated heterocycles. The summed E-state index contributed by atoms with van der Waals surface area (Å²) < 4.78 is 10.9. The molecule has 0 fully saturated rings. The number of ether oxygens (including phenoxy) is 2. The van der Waals surface area contributed by atoms with Gasteiger partial charge in [0.25, 0.3) is 0 Å². The van der Waals surface area contributed by atoms with Gasteiger partial charge in [0.2, 0.25) is 0 Å². The zero-order chi connectivity index (χ0) is 11.7. The van der Waals surface area contributed by atoms with E-state index in [1.54, 1.807) is 0 Å². The first-order valence-electron chi connectivity index (χ1n) is 5.81. The van der Waals surface area contributed by atoms with Crippen LogP contribution in [0, 0.1) is 0 Å². The van der Waals surface area contributed by atoms with Crippen molar-refractivity contribution < 1.29 is 14.6 Å². The smallest absolute Gasteiger partial charge is 0.0707 e. The first-order chi connectivity index (χ1) is 6.92. The van der Waals surface area contributed by atoms with E-state index in [1.807, 2.05) is 27.7 Å². The second-order valence-corrected chi connectivity index (χ2v) is 4.92. The monoisotopic (exact) mass is 218 g/mol. The van der Waals surface area contributed by atoms with Gasteiger partial charge in [-0.25, -0.2) is 0 Å². The Morgan fingerprint density at radius 2 is 1.73 bits per heavy atom. The molecule has 1 atom stereocenters. The minimum absolute atomic E-state index is 0.0737. The Bertz CT molecular complexity index is 138. The van der Waals surface area contributed by atoms with Crippen molar-refractivity contribution in [2.45, 2.75) is 58.7 Å². The number of aliphatic hydroxyl groups excluding tert-OH is 1. The van der Waals surface area contributed by atoms with E-state index < -0.39 is 0 Å². The maximum absolute atomic E-state index is 9.02. The van der Waals surface area contributed by atoms with Gasteiger partial charge in [-0.05, 0) is 47.0 Å². The molecule has 0 saturated carbocycles. The molecule has 0 bridgehead atoms. The van der Waals surface area contributed by atoms with E-state index in [4.69, 9.17) is 14.6 Å².